The molecule has 4 heteroatoms. The van der Waals surface area contributed by atoms with Crippen molar-refractivity contribution in [2.75, 3.05) is 0 Å². The van der Waals surface area contributed by atoms with Crippen LogP contribution in [0, 0.1) is 0 Å². The summed E-state index contributed by atoms with van der Waals surface area (Å²) in [5, 5.41) is 8.73. The third-order valence-electron chi connectivity index (χ3n) is 13.5. The number of hydrogen-bond acceptors (Lipinski definition) is 2. The molecule has 9 aromatic carbocycles. The highest BCUT2D eigenvalue weighted by Gasteiger charge is 2.23. The van der Waals surface area contributed by atoms with E-state index < -0.39 is 0 Å². The molecule has 1 unspecified atom stereocenters. The SMILES string of the molecule is C1=C(c2cccc(-n3c4ccccc4c4ccc5c(c6ccccc6n5-c5cccc(-c6cc(-c7ccccc7)nc(-c7ccccc7)c6)c5)c43)c2)C=C(c2ccccc2)NC1c1ccccc1. The summed E-state index contributed by atoms with van der Waals surface area (Å²) in [5.41, 5.74) is 19.1. The van der Waals surface area contributed by atoms with Crippen molar-refractivity contribution >= 4 is 54.9 Å². The maximum atomic E-state index is 5.18. The van der Waals surface area contributed by atoms with Gasteiger partial charge in [-0.15, -0.1) is 0 Å². The normalized spacial score (nSPS) is 13.7. The monoisotopic (exact) mass is 868 g/mol. The Labute approximate surface area is 395 Å². The Balaban J connectivity index is 0.998. The smallest absolute Gasteiger partial charge is 0.0715 e. The number of benzene rings is 9. The highest BCUT2D eigenvalue weighted by molar-refractivity contribution is 6.26. The van der Waals surface area contributed by atoms with Crippen LogP contribution in [0.2, 0.25) is 0 Å². The van der Waals surface area contributed by atoms with Gasteiger partial charge in [0.05, 0.1) is 39.5 Å². The molecule has 12 aromatic rings. The summed E-state index contributed by atoms with van der Waals surface area (Å²) in [6, 6.07) is 87.2. The number of pyridine rings is 1. The molecule has 3 aromatic heterocycles. The number of nitrogens with one attached hydrogen (secondary N) is 1. The van der Waals surface area contributed by atoms with Crippen LogP contribution < -0.4 is 5.32 Å². The van der Waals surface area contributed by atoms with E-state index in [1.165, 1.54) is 43.7 Å². The lowest BCUT2D eigenvalue weighted by Gasteiger charge is -2.26. The first-order valence-corrected chi connectivity index (χ1v) is 23.3. The fraction of sp³-hybridized carbons (Fsp3) is 0.0156. The van der Waals surface area contributed by atoms with Crippen LogP contribution >= 0.6 is 0 Å². The Morgan fingerprint density at radius 1 is 0.368 bits per heavy atom. The first-order valence-electron chi connectivity index (χ1n) is 23.3. The van der Waals surface area contributed by atoms with Crippen molar-refractivity contribution in [1.29, 1.82) is 0 Å². The predicted molar refractivity (Wildman–Crippen MR) is 284 cm³/mol. The van der Waals surface area contributed by atoms with E-state index in [4.69, 9.17) is 4.98 Å². The van der Waals surface area contributed by atoms with E-state index >= 15 is 0 Å². The molecule has 0 aliphatic carbocycles. The predicted octanol–water partition coefficient (Wildman–Crippen LogP) is 16.0. The van der Waals surface area contributed by atoms with Crippen LogP contribution in [0.3, 0.4) is 0 Å². The van der Waals surface area contributed by atoms with Crippen molar-refractivity contribution in [3.05, 3.63) is 271 Å². The minimum absolute atomic E-state index is 0.0166. The van der Waals surface area contributed by atoms with Crippen LogP contribution in [0.4, 0.5) is 0 Å². The zero-order chi connectivity index (χ0) is 45.0. The second-order valence-corrected chi connectivity index (χ2v) is 17.6. The summed E-state index contributed by atoms with van der Waals surface area (Å²) < 4.78 is 4.94. The highest BCUT2D eigenvalue weighted by Crippen LogP contribution is 2.43. The number of para-hydroxylation sites is 2. The Kier molecular flexibility index (Phi) is 9.54. The molecule has 0 amide bonds. The van der Waals surface area contributed by atoms with E-state index in [1.807, 2.05) is 0 Å². The summed E-state index contributed by atoms with van der Waals surface area (Å²) in [4.78, 5) is 5.18. The van der Waals surface area contributed by atoms with Crippen molar-refractivity contribution in [3.8, 4) is 45.0 Å². The van der Waals surface area contributed by atoms with Crippen molar-refractivity contribution in [2.24, 2.45) is 0 Å². The van der Waals surface area contributed by atoms with E-state index in [-0.39, 0.29) is 6.04 Å². The number of nitrogens with zero attached hydrogens (tertiary/aromatic N) is 3. The van der Waals surface area contributed by atoms with Gasteiger partial charge >= 0.3 is 0 Å². The summed E-state index contributed by atoms with van der Waals surface area (Å²) in [5.74, 6) is 0. The number of hydrogen-bond donors (Lipinski definition) is 1. The number of aromatic nitrogens is 3. The van der Waals surface area contributed by atoms with Crippen molar-refractivity contribution in [1.82, 2.24) is 19.4 Å². The van der Waals surface area contributed by atoms with Crippen molar-refractivity contribution in [2.45, 2.75) is 6.04 Å². The Bertz CT molecular complexity index is 3860. The molecule has 68 heavy (non-hydrogen) atoms. The minimum atomic E-state index is 0.0166. The number of dihydropyridines is 1. The van der Waals surface area contributed by atoms with Gasteiger partial charge in [0.1, 0.15) is 0 Å². The van der Waals surface area contributed by atoms with E-state index in [1.54, 1.807) is 0 Å². The van der Waals surface area contributed by atoms with Gasteiger partial charge in [-0.25, -0.2) is 4.98 Å². The average Bonchev–Trinajstić information content (AvgIpc) is 3.95. The van der Waals surface area contributed by atoms with Gasteiger partial charge in [0.25, 0.3) is 0 Å². The van der Waals surface area contributed by atoms with Crippen LogP contribution in [-0.4, -0.2) is 14.1 Å². The molecule has 320 valence electrons. The maximum Gasteiger partial charge on any atom is 0.0715 e. The number of rotatable bonds is 8. The van der Waals surface area contributed by atoms with Crippen LogP contribution in [0.1, 0.15) is 22.7 Å². The standard InChI is InChI=1S/C64H44N4/c1-5-19-43(20-6-1)56-39-49(40-57(65-56)44-21-7-2-8-22-44)47-27-17-29-51(37-47)67-61-34-16-14-32-55(61)63-62(67)36-35-54-53-31-13-15-33-60(53)68(64(54)63)52-30-18-28-48(38-52)50-41-58(45-23-9-3-10-24-45)66-59(42-50)46-25-11-4-12-26-46/h1-42,58,66H. The van der Waals surface area contributed by atoms with Crippen LogP contribution in [-0.2, 0) is 0 Å². The molecule has 1 aliphatic heterocycles. The summed E-state index contributed by atoms with van der Waals surface area (Å²) in [6.07, 6.45) is 4.67. The van der Waals surface area contributed by atoms with Gasteiger partial charge < -0.3 is 14.5 Å². The van der Waals surface area contributed by atoms with Crippen LogP contribution in [0.15, 0.2) is 255 Å². The maximum absolute atomic E-state index is 5.18. The Morgan fingerprint density at radius 3 is 1.57 bits per heavy atom. The molecule has 1 aliphatic rings. The second-order valence-electron chi connectivity index (χ2n) is 17.6. The lowest BCUT2D eigenvalue weighted by molar-refractivity contribution is 0.767. The molecule has 4 nitrogen and oxygen atoms in total. The van der Waals surface area contributed by atoms with Crippen LogP contribution in [0.25, 0.3) is 99.9 Å². The lowest BCUT2D eigenvalue weighted by atomic mass is 9.93. The molecule has 0 fully saturated rings. The van der Waals surface area contributed by atoms with Gasteiger partial charge in [-0.3, -0.25) is 0 Å². The van der Waals surface area contributed by atoms with Crippen LogP contribution in [0.5, 0.6) is 0 Å². The van der Waals surface area contributed by atoms with Crippen molar-refractivity contribution in [3.63, 3.8) is 0 Å². The quantitative estimate of drug-likeness (QED) is 0.165. The fourth-order valence-electron chi connectivity index (χ4n) is 10.4. The third-order valence-corrected chi connectivity index (χ3v) is 13.5. The van der Waals surface area contributed by atoms with Gasteiger partial charge in [0, 0.05) is 49.7 Å². The molecule has 0 radical (unpaired) electrons. The molecule has 0 saturated carbocycles. The molecule has 4 heterocycles. The van der Waals surface area contributed by atoms with Gasteiger partial charge in [-0.2, -0.15) is 0 Å². The second kappa shape index (κ2) is 16.5. The molecule has 13 rings (SSSR count). The average molecular weight is 869 g/mol. The highest BCUT2D eigenvalue weighted by atomic mass is 15.0. The zero-order valence-electron chi connectivity index (χ0n) is 37.2. The van der Waals surface area contributed by atoms with Gasteiger partial charge in [0.15, 0.2) is 0 Å². The first-order chi connectivity index (χ1) is 33.7. The van der Waals surface area contributed by atoms with E-state index in [0.717, 1.165) is 72.9 Å². The summed E-state index contributed by atoms with van der Waals surface area (Å²) in [7, 11) is 0. The first kappa shape index (κ1) is 39.4. The third kappa shape index (κ3) is 6.81. The van der Waals surface area contributed by atoms with E-state index in [9.17, 15) is 0 Å². The number of allylic oxidation sites excluding steroid dienone is 2. The molecular weight excluding hydrogens is 825 g/mol. The fourth-order valence-corrected chi connectivity index (χ4v) is 10.4. The number of fused-ring (bicyclic) bond motifs is 7. The van der Waals surface area contributed by atoms with E-state index in [0.29, 0.717) is 0 Å². The molecule has 0 saturated heterocycles. The molecule has 0 bridgehead atoms. The van der Waals surface area contributed by atoms with Gasteiger partial charge in [-0.1, -0.05) is 188 Å². The molecule has 1 N–H and O–H groups in total. The zero-order valence-corrected chi connectivity index (χ0v) is 37.2. The molecular formula is C64H44N4. The summed E-state index contributed by atoms with van der Waals surface area (Å²) in [6.45, 7) is 0. The van der Waals surface area contributed by atoms with Gasteiger partial charge in [0.2, 0.25) is 0 Å². The Morgan fingerprint density at radius 2 is 0.897 bits per heavy atom. The molecule has 1 atom stereocenters. The van der Waals surface area contributed by atoms with E-state index in [2.05, 4.69) is 269 Å². The van der Waals surface area contributed by atoms with Gasteiger partial charge in [-0.05, 0) is 100 Å². The largest absolute Gasteiger partial charge is 0.374 e. The minimum Gasteiger partial charge on any atom is -0.374 e. The lowest BCUT2D eigenvalue weighted by Crippen LogP contribution is -2.21. The topological polar surface area (TPSA) is 34.8 Å². The molecule has 0 spiro atoms. The summed E-state index contributed by atoms with van der Waals surface area (Å²) >= 11 is 0. The Hall–Kier alpha value is -8.99. The van der Waals surface area contributed by atoms with Crippen molar-refractivity contribution < 1.29 is 0 Å².